The highest BCUT2D eigenvalue weighted by atomic mass is 32.1. The van der Waals surface area contributed by atoms with Gasteiger partial charge in [0.15, 0.2) is 0 Å². The Morgan fingerprint density at radius 3 is 2.83 bits per heavy atom. The number of aliphatic hydroxyl groups excluding tert-OH is 1. The average Bonchev–Trinajstić information content (AvgIpc) is 2.80. The highest BCUT2D eigenvalue weighted by Crippen LogP contribution is 2.16. The van der Waals surface area contributed by atoms with Gasteiger partial charge in [0.2, 0.25) is 0 Å². The van der Waals surface area contributed by atoms with Crippen LogP contribution in [0.5, 0.6) is 0 Å². The van der Waals surface area contributed by atoms with Crippen LogP contribution in [-0.4, -0.2) is 39.9 Å². The van der Waals surface area contributed by atoms with Gasteiger partial charge in [-0.25, -0.2) is 4.98 Å². The van der Waals surface area contributed by atoms with E-state index >= 15 is 0 Å². The van der Waals surface area contributed by atoms with Crippen LogP contribution in [-0.2, 0) is 0 Å². The molecule has 1 amide bonds. The maximum atomic E-state index is 11.8. The van der Waals surface area contributed by atoms with Crippen molar-refractivity contribution in [3.63, 3.8) is 0 Å². The fraction of sp³-hybridized carbons (Fsp3) is 0.667. The third-order valence-electron chi connectivity index (χ3n) is 2.89. The summed E-state index contributed by atoms with van der Waals surface area (Å²) >= 11 is 1.42. The van der Waals surface area contributed by atoms with Gasteiger partial charge in [0, 0.05) is 18.5 Å². The SMILES string of the molecule is CC[C@@](O)(CCCO)CNC(=O)c1csc(C)n1. The van der Waals surface area contributed by atoms with Crippen LogP contribution in [0.2, 0.25) is 0 Å². The topological polar surface area (TPSA) is 82.5 Å². The molecule has 0 spiro atoms. The molecule has 0 fully saturated rings. The molecule has 1 aromatic rings. The molecule has 0 aromatic carbocycles. The third-order valence-corrected chi connectivity index (χ3v) is 3.66. The summed E-state index contributed by atoms with van der Waals surface area (Å²) in [7, 11) is 0. The molecule has 102 valence electrons. The summed E-state index contributed by atoms with van der Waals surface area (Å²) in [4.78, 5) is 15.9. The van der Waals surface area contributed by atoms with Crippen molar-refractivity contribution in [1.82, 2.24) is 10.3 Å². The summed E-state index contributed by atoms with van der Waals surface area (Å²) in [5, 5.41) is 24.2. The number of aliphatic hydroxyl groups is 2. The molecule has 0 saturated carbocycles. The molecule has 1 aromatic heterocycles. The molecule has 6 heteroatoms. The first-order valence-electron chi connectivity index (χ1n) is 6.04. The van der Waals surface area contributed by atoms with E-state index in [0.29, 0.717) is 25.0 Å². The number of nitrogens with zero attached hydrogens (tertiary/aromatic N) is 1. The first kappa shape index (κ1) is 15.1. The maximum absolute atomic E-state index is 11.8. The first-order valence-corrected chi connectivity index (χ1v) is 6.92. The van der Waals surface area contributed by atoms with Crippen molar-refractivity contribution in [1.29, 1.82) is 0 Å². The molecule has 0 unspecified atom stereocenters. The second-order valence-electron chi connectivity index (χ2n) is 4.34. The predicted molar refractivity (Wildman–Crippen MR) is 70.7 cm³/mol. The molecule has 3 N–H and O–H groups in total. The Hall–Kier alpha value is -0.980. The fourth-order valence-electron chi connectivity index (χ4n) is 1.60. The standard InChI is InChI=1S/C12H20N2O3S/c1-3-12(17,5-4-6-15)8-13-11(16)10-7-18-9(2)14-10/h7,15,17H,3-6,8H2,1-2H3,(H,13,16)/t12-/m1/s1. The van der Waals surface area contributed by atoms with E-state index in [1.165, 1.54) is 11.3 Å². The molecule has 0 bridgehead atoms. The van der Waals surface area contributed by atoms with Gasteiger partial charge in [0.05, 0.1) is 10.6 Å². The smallest absolute Gasteiger partial charge is 0.270 e. The maximum Gasteiger partial charge on any atom is 0.270 e. The lowest BCUT2D eigenvalue weighted by Gasteiger charge is -2.26. The molecule has 1 atom stereocenters. The van der Waals surface area contributed by atoms with Gasteiger partial charge in [-0.15, -0.1) is 11.3 Å². The lowest BCUT2D eigenvalue weighted by Crippen LogP contribution is -2.42. The zero-order valence-corrected chi connectivity index (χ0v) is 11.6. The largest absolute Gasteiger partial charge is 0.396 e. The Kier molecular flexibility index (Phi) is 5.71. The van der Waals surface area contributed by atoms with Gasteiger partial charge in [0.25, 0.3) is 5.91 Å². The van der Waals surface area contributed by atoms with Crippen LogP contribution in [0.25, 0.3) is 0 Å². The molecule has 1 heterocycles. The number of aromatic nitrogens is 1. The Morgan fingerprint density at radius 1 is 1.61 bits per heavy atom. The summed E-state index contributed by atoms with van der Waals surface area (Å²) in [6, 6.07) is 0. The second kappa shape index (κ2) is 6.82. The lowest BCUT2D eigenvalue weighted by atomic mass is 9.94. The minimum Gasteiger partial charge on any atom is -0.396 e. The molecule has 0 saturated heterocycles. The Morgan fingerprint density at radius 2 is 2.33 bits per heavy atom. The monoisotopic (exact) mass is 272 g/mol. The summed E-state index contributed by atoms with van der Waals surface area (Å²) in [6.45, 7) is 3.92. The van der Waals surface area contributed by atoms with Crippen LogP contribution in [0.1, 0.15) is 41.7 Å². The van der Waals surface area contributed by atoms with Gasteiger partial charge < -0.3 is 15.5 Å². The zero-order chi connectivity index (χ0) is 13.6. The van der Waals surface area contributed by atoms with Crippen LogP contribution in [0.4, 0.5) is 0 Å². The van der Waals surface area contributed by atoms with Gasteiger partial charge in [-0.1, -0.05) is 6.92 Å². The normalized spacial score (nSPS) is 14.2. The van der Waals surface area contributed by atoms with Gasteiger partial charge in [0.1, 0.15) is 5.69 Å². The number of carbonyl (C=O) groups is 1. The number of aryl methyl sites for hydroxylation is 1. The predicted octanol–water partition coefficient (Wildman–Crippen LogP) is 1.09. The molecule has 0 aliphatic rings. The van der Waals surface area contributed by atoms with E-state index in [9.17, 15) is 9.90 Å². The van der Waals surface area contributed by atoms with Gasteiger partial charge in [-0.3, -0.25) is 4.79 Å². The van der Waals surface area contributed by atoms with Crippen molar-refractivity contribution >= 4 is 17.2 Å². The van der Waals surface area contributed by atoms with Gasteiger partial charge in [-0.05, 0) is 26.2 Å². The first-order chi connectivity index (χ1) is 8.50. The van der Waals surface area contributed by atoms with Crippen LogP contribution in [0, 0.1) is 6.92 Å². The van der Waals surface area contributed by atoms with E-state index in [4.69, 9.17) is 5.11 Å². The lowest BCUT2D eigenvalue weighted by molar-refractivity contribution is 0.0212. The van der Waals surface area contributed by atoms with Crippen molar-refractivity contribution in [3.8, 4) is 0 Å². The number of amides is 1. The molecule has 0 aliphatic heterocycles. The van der Waals surface area contributed by atoms with Gasteiger partial charge in [-0.2, -0.15) is 0 Å². The van der Waals surface area contributed by atoms with E-state index in [2.05, 4.69) is 10.3 Å². The average molecular weight is 272 g/mol. The summed E-state index contributed by atoms with van der Waals surface area (Å²) in [5.74, 6) is -0.268. The Bertz CT molecular complexity index is 394. The van der Waals surface area contributed by atoms with Crippen molar-refractivity contribution < 1.29 is 15.0 Å². The minimum atomic E-state index is -0.955. The van der Waals surface area contributed by atoms with E-state index < -0.39 is 5.60 Å². The van der Waals surface area contributed by atoms with Crippen LogP contribution < -0.4 is 5.32 Å². The number of rotatable bonds is 7. The number of carbonyl (C=O) groups excluding carboxylic acids is 1. The molecular weight excluding hydrogens is 252 g/mol. The quantitative estimate of drug-likeness (QED) is 0.694. The van der Waals surface area contributed by atoms with Crippen molar-refractivity contribution in [2.75, 3.05) is 13.2 Å². The van der Waals surface area contributed by atoms with Crippen LogP contribution in [0.15, 0.2) is 5.38 Å². The summed E-state index contributed by atoms with van der Waals surface area (Å²) in [5.41, 5.74) is -0.568. The Labute approximate surface area is 111 Å². The van der Waals surface area contributed by atoms with E-state index in [1.807, 2.05) is 13.8 Å². The number of thiazole rings is 1. The molecule has 1 rings (SSSR count). The summed E-state index contributed by atoms with van der Waals surface area (Å²) in [6.07, 6.45) is 1.52. The number of hydrogen-bond acceptors (Lipinski definition) is 5. The fourth-order valence-corrected chi connectivity index (χ4v) is 2.19. The van der Waals surface area contributed by atoms with E-state index in [-0.39, 0.29) is 19.1 Å². The molecule has 0 radical (unpaired) electrons. The zero-order valence-electron chi connectivity index (χ0n) is 10.8. The van der Waals surface area contributed by atoms with E-state index in [1.54, 1.807) is 5.38 Å². The second-order valence-corrected chi connectivity index (χ2v) is 5.40. The van der Waals surface area contributed by atoms with E-state index in [0.717, 1.165) is 5.01 Å². The van der Waals surface area contributed by atoms with Crippen molar-refractivity contribution in [2.24, 2.45) is 0 Å². The molecule has 18 heavy (non-hydrogen) atoms. The van der Waals surface area contributed by atoms with Crippen molar-refractivity contribution in [3.05, 3.63) is 16.1 Å². The molecule has 5 nitrogen and oxygen atoms in total. The molecular formula is C12H20N2O3S. The number of nitrogens with one attached hydrogen (secondary N) is 1. The number of hydrogen-bond donors (Lipinski definition) is 3. The van der Waals surface area contributed by atoms with Crippen molar-refractivity contribution in [2.45, 2.75) is 38.7 Å². The van der Waals surface area contributed by atoms with Crippen LogP contribution in [0.3, 0.4) is 0 Å². The third kappa shape index (κ3) is 4.36. The molecule has 0 aliphatic carbocycles. The Balaban J connectivity index is 2.49. The van der Waals surface area contributed by atoms with Gasteiger partial charge >= 0.3 is 0 Å². The highest BCUT2D eigenvalue weighted by molar-refractivity contribution is 7.09. The van der Waals surface area contributed by atoms with Crippen LogP contribution >= 0.6 is 11.3 Å². The summed E-state index contributed by atoms with van der Waals surface area (Å²) < 4.78 is 0. The minimum absolute atomic E-state index is 0.0432. The highest BCUT2D eigenvalue weighted by Gasteiger charge is 2.25.